The largest absolute Gasteiger partial charge is 0.480 e. The molecular formula is C23H33N3O4Si. The highest BCUT2D eigenvalue weighted by molar-refractivity contribution is 6.78. The number of ether oxygens (including phenoxy) is 2. The maximum absolute atomic E-state index is 12.8. The van der Waals surface area contributed by atoms with E-state index in [0.717, 1.165) is 0 Å². The van der Waals surface area contributed by atoms with Crippen molar-refractivity contribution in [2.45, 2.75) is 58.9 Å². The van der Waals surface area contributed by atoms with E-state index in [2.05, 4.69) is 26.9 Å². The number of rotatable bonds is 7. The van der Waals surface area contributed by atoms with Crippen LogP contribution in [0.3, 0.4) is 0 Å². The van der Waals surface area contributed by atoms with Crippen molar-refractivity contribution < 1.29 is 19.1 Å². The van der Waals surface area contributed by atoms with E-state index in [1.807, 2.05) is 13.8 Å². The molecule has 2 atom stereocenters. The molecule has 0 aliphatic carbocycles. The zero-order valence-corrected chi connectivity index (χ0v) is 20.3. The molecule has 1 aromatic rings. The zero-order chi connectivity index (χ0) is 22.8. The molecule has 2 amide bonds. The fourth-order valence-corrected chi connectivity index (χ4v) is 6.67. The van der Waals surface area contributed by atoms with Gasteiger partial charge in [0.1, 0.15) is 12.1 Å². The second-order valence-electron chi connectivity index (χ2n) is 9.12. The molecule has 2 heterocycles. The van der Waals surface area contributed by atoms with Gasteiger partial charge >= 0.3 is 0 Å². The van der Waals surface area contributed by atoms with Gasteiger partial charge in [0.2, 0.25) is 11.8 Å². The molecule has 31 heavy (non-hydrogen) atoms. The van der Waals surface area contributed by atoms with Crippen LogP contribution < -0.4 is 0 Å². The van der Waals surface area contributed by atoms with E-state index >= 15 is 0 Å². The molecule has 0 bridgehead atoms. The lowest BCUT2D eigenvalue weighted by molar-refractivity contribution is 0.0677. The number of aliphatic imine (C=N–C) groups is 2. The fourth-order valence-electron chi connectivity index (χ4n) is 4.08. The average Bonchev–Trinajstić information content (AvgIpc) is 2.94. The molecule has 0 N–H and O–H groups in total. The first kappa shape index (κ1) is 23.2. The second-order valence-corrected chi connectivity index (χ2v) is 14.2. The van der Waals surface area contributed by atoms with Crippen LogP contribution in [-0.4, -0.2) is 68.0 Å². The number of amides is 2. The molecule has 0 unspecified atom stereocenters. The number of imide groups is 1. The molecule has 7 nitrogen and oxygen atoms in total. The van der Waals surface area contributed by atoms with Gasteiger partial charge in [0, 0.05) is 6.17 Å². The van der Waals surface area contributed by atoms with Crippen molar-refractivity contribution >= 4 is 31.7 Å². The molecule has 2 aliphatic rings. The van der Waals surface area contributed by atoms with Gasteiger partial charge in [-0.1, -0.05) is 39.1 Å². The summed E-state index contributed by atoms with van der Waals surface area (Å²) >= 11 is 0. The van der Waals surface area contributed by atoms with E-state index in [9.17, 15) is 9.59 Å². The number of carbonyl (C=O) groups is 2. The highest BCUT2D eigenvalue weighted by Gasteiger charge is 2.41. The lowest BCUT2D eigenvalue weighted by Gasteiger charge is -2.33. The average molecular weight is 444 g/mol. The molecule has 0 spiro atoms. The number of benzene rings is 1. The summed E-state index contributed by atoms with van der Waals surface area (Å²) in [5.41, 5.74) is 0.978. The third kappa shape index (κ3) is 4.89. The van der Waals surface area contributed by atoms with Crippen molar-refractivity contribution in [3.05, 3.63) is 35.4 Å². The molecule has 8 heteroatoms. The van der Waals surface area contributed by atoms with Crippen LogP contribution >= 0.6 is 0 Å². The number of hydrogen-bond acceptors (Lipinski definition) is 6. The summed E-state index contributed by atoms with van der Waals surface area (Å²) in [6.07, 6.45) is 0.433. The lowest BCUT2D eigenvalue weighted by Crippen LogP contribution is -2.49. The molecule has 168 valence electrons. The van der Waals surface area contributed by atoms with Gasteiger partial charge in [0.15, 0.2) is 0 Å². The van der Waals surface area contributed by atoms with E-state index in [-0.39, 0.29) is 29.8 Å². The van der Waals surface area contributed by atoms with Gasteiger partial charge in [-0.2, -0.15) is 0 Å². The van der Waals surface area contributed by atoms with Gasteiger partial charge in [-0.3, -0.25) is 14.5 Å². The second kappa shape index (κ2) is 9.34. The number of carbonyl (C=O) groups excluding carboxylic acids is 2. The summed E-state index contributed by atoms with van der Waals surface area (Å²) in [5, 5.41) is 0. The fraction of sp³-hybridized carbons (Fsp3) is 0.565. The normalized spacial score (nSPS) is 21.2. The zero-order valence-electron chi connectivity index (χ0n) is 19.3. The van der Waals surface area contributed by atoms with Crippen molar-refractivity contribution in [2.24, 2.45) is 15.9 Å². The van der Waals surface area contributed by atoms with Crippen molar-refractivity contribution in [1.29, 1.82) is 0 Å². The van der Waals surface area contributed by atoms with E-state index < -0.39 is 8.07 Å². The van der Waals surface area contributed by atoms with Crippen LogP contribution in [0.2, 0.25) is 19.1 Å². The van der Waals surface area contributed by atoms with E-state index in [1.54, 1.807) is 24.3 Å². The molecule has 0 aromatic heterocycles. The lowest BCUT2D eigenvalue weighted by atomic mass is 10.0. The first-order chi connectivity index (χ1) is 14.7. The molecule has 0 saturated carbocycles. The molecule has 2 aliphatic heterocycles. The molecule has 1 aromatic carbocycles. The van der Waals surface area contributed by atoms with Crippen molar-refractivity contribution in [2.75, 3.05) is 19.4 Å². The van der Waals surface area contributed by atoms with E-state index in [0.29, 0.717) is 48.3 Å². The molecule has 3 rings (SSSR count). The third-order valence-electron chi connectivity index (χ3n) is 5.51. The van der Waals surface area contributed by atoms with E-state index in [1.165, 1.54) is 4.90 Å². The van der Waals surface area contributed by atoms with Gasteiger partial charge in [0.25, 0.3) is 11.8 Å². The summed E-state index contributed by atoms with van der Waals surface area (Å²) in [4.78, 5) is 36.8. The summed E-state index contributed by atoms with van der Waals surface area (Å²) < 4.78 is 11.7. The minimum absolute atomic E-state index is 0.154. The Morgan fingerprint density at radius 2 is 1.52 bits per heavy atom. The maximum atomic E-state index is 12.8. The quantitative estimate of drug-likeness (QED) is 0.474. The van der Waals surface area contributed by atoms with Crippen LogP contribution in [0.4, 0.5) is 0 Å². The summed E-state index contributed by atoms with van der Waals surface area (Å²) in [5.74, 6) is 1.11. The predicted octanol–water partition coefficient (Wildman–Crippen LogP) is 3.81. The SMILES string of the molecule is CCOC1=N[C@H](C(C)C)C(OCC)=N[C@H]1C[Si](C)(C)CN1C(=O)c2ccccc2C1=O. The molecular weight excluding hydrogens is 410 g/mol. The highest BCUT2D eigenvalue weighted by Crippen LogP contribution is 2.28. The van der Waals surface area contributed by atoms with Crippen molar-refractivity contribution in [3.63, 3.8) is 0 Å². The van der Waals surface area contributed by atoms with Crippen LogP contribution in [0.5, 0.6) is 0 Å². The first-order valence-corrected chi connectivity index (χ1v) is 14.5. The highest BCUT2D eigenvalue weighted by atomic mass is 28.3. The Morgan fingerprint density at radius 3 is 2.03 bits per heavy atom. The smallest absolute Gasteiger partial charge is 0.261 e. The van der Waals surface area contributed by atoms with Crippen molar-refractivity contribution in [1.82, 2.24) is 4.90 Å². The topological polar surface area (TPSA) is 80.6 Å². The Hall–Kier alpha value is -2.48. The maximum Gasteiger partial charge on any atom is 0.261 e. The number of hydrogen-bond donors (Lipinski definition) is 0. The van der Waals surface area contributed by atoms with Gasteiger partial charge < -0.3 is 9.47 Å². The van der Waals surface area contributed by atoms with Crippen LogP contribution in [0, 0.1) is 5.92 Å². The standard InChI is InChI=1S/C23H33N3O4Si/c1-7-29-20-18(24-21(30-8-2)19(25-20)15(3)4)13-31(5,6)14-26-22(27)16-11-9-10-12-17(16)23(26)28/h9-12,15,18-19H,7-8,13-14H2,1-6H3/t18-,19+/m0/s1. The number of fused-ring (bicyclic) bond motifs is 1. The van der Waals surface area contributed by atoms with Crippen LogP contribution in [0.1, 0.15) is 48.4 Å². The van der Waals surface area contributed by atoms with Gasteiger partial charge in [-0.15, -0.1) is 0 Å². The Kier molecular flexibility index (Phi) is 6.98. The number of nitrogens with zero attached hydrogens (tertiary/aromatic N) is 3. The van der Waals surface area contributed by atoms with Gasteiger partial charge in [-0.05, 0) is 37.9 Å². The van der Waals surface area contributed by atoms with Crippen LogP contribution in [0.25, 0.3) is 0 Å². The Bertz CT molecular complexity index is 875. The van der Waals surface area contributed by atoms with Crippen LogP contribution in [-0.2, 0) is 9.47 Å². The minimum Gasteiger partial charge on any atom is -0.480 e. The van der Waals surface area contributed by atoms with Gasteiger partial charge in [0.05, 0.1) is 32.4 Å². The predicted molar refractivity (Wildman–Crippen MR) is 125 cm³/mol. The summed E-state index contributed by atoms with van der Waals surface area (Å²) in [7, 11) is -2.09. The molecule has 0 saturated heterocycles. The summed E-state index contributed by atoms with van der Waals surface area (Å²) in [6, 6.07) is 7.31. The monoisotopic (exact) mass is 443 g/mol. The van der Waals surface area contributed by atoms with E-state index in [4.69, 9.17) is 19.5 Å². The summed E-state index contributed by atoms with van der Waals surface area (Å²) in [6.45, 7) is 13.4. The Balaban J connectivity index is 1.81. The molecule has 0 radical (unpaired) electrons. The molecule has 0 fully saturated rings. The van der Waals surface area contributed by atoms with Crippen LogP contribution in [0.15, 0.2) is 34.3 Å². The third-order valence-corrected chi connectivity index (χ3v) is 8.18. The Morgan fingerprint density at radius 1 is 0.968 bits per heavy atom. The first-order valence-electron chi connectivity index (χ1n) is 11.0. The van der Waals surface area contributed by atoms with Gasteiger partial charge in [-0.25, -0.2) is 9.98 Å². The Labute approximate surface area is 185 Å². The minimum atomic E-state index is -2.09. The van der Waals surface area contributed by atoms with Crippen molar-refractivity contribution in [3.8, 4) is 0 Å².